The number of carbonyl (C=O) groups excluding carboxylic acids is 1. The fraction of sp³-hybridized carbons (Fsp3) is 0.917. The summed E-state index contributed by atoms with van der Waals surface area (Å²) in [4.78, 5) is 14.2. The molecular formula is C12H23N3O. The summed E-state index contributed by atoms with van der Waals surface area (Å²) in [5.74, 6) is 0.799. The minimum Gasteiger partial charge on any atom is -0.351 e. The zero-order chi connectivity index (χ0) is 11.6. The number of rotatable bonds is 3. The Morgan fingerprint density at radius 2 is 2.06 bits per heavy atom. The van der Waals surface area contributed by atoms with Gasteiger partial charge in [-0.2, -0.15) is 0 Å². The smallest absolute Gasteiger partial charge is 0.220 e. The number of likely N-dealkylation sites (tertiary alicyclic amines) is 1. The quantitative estimate of drug-likeness (QED) is 0.721. The van der Waals surface area contributed by atoms with Crippen LogP contribution in [0.2, 0.25) is 0 Å². The maximum atomic E-state index is 11.8. The maximum Gasteiger partial charge on any atom is 0.220 e. The molecule has 2 saturated heterocycles. The highest BCUT2D eigenvalue weighted by atomic mass is 16.1. The van der Waals surface area contributed by atoms with Gasteiger partial charge in [0.15, 0.2) is 0 Å². The molecule has 16 heavy (non-hydrogen) atoms. The Bertz CT molecular complexity index is 255. The van der Waals surface area contributed by atoms with Gasteiger partial charge in [0.2, 0.25) is 5.91 Å². The van der Waals surface area contributed by atoms with Crippen LogP contribution < -0.4 is 10.6 Å². The number of piperidine rings is 1. The molecule has 0 saturated carbocycles. The normalized spacial score (nSPS) is 26.1. The van der Waals surface area contributed by atoms with Gasteiger partial charge in [0, 0.05) is 25.0 Å². The van der Waals surface area contributed by atoms with Crippen LogP contribution >= 0.6 is 0 Å². The molecule has 4 nitrogen and oxygen atoms in total. The molecule has 0 aromatic heterocycles. The SMILES string of the molecule is CN1CCC(C)(NC(=O)CC2CNC2)CC1. The predicted octanol–water partition coefficient (Wildman–Crippen LogP) is 0.196. The maximum absolute atomic E-state index is 11.8. The summed E-state index contributed by atoms with van der Waals surface area (Å²) in [5, 5.41) is 6.42. The van der Waals surface area contributed by atoms with E-state index in [0.29, 0.717) is 12.3 Å². The first-order chi connectivity index (χ1) is 7.57. The summed E-state index contributed by atoms with van der Waals surface area (Å²) in [6.07, 6.45) is 2.83. The van der Waals surface area contributed by atoms with Crippen molar-refractivity contribution in [3.8, 4) is 0 Å². The van der Waals surface area contributed by atoms with Gasteiger partial charge in [-0.1, -0.05) is 0 Å². The molecule has 2 rings (SSSR count). The minimum atomic E-state index is 0.0285. The second-order valence-electron chi connectivity index (χ2n) is 5.64. The van der Waals surface area contributed by atoms with Crippen LogP contribution in [0.5, 0.6) is 0 Å². The zero-order valence-electron chi connectivity index (χ0n) is 10.4. The van der Waals surface area contributed by atoms with Gasteiger partial charge in [-0.05, 0) is 45.8 Å². The van der Waals surface area contributed by atoms with E-state index in [9.17, 15) is 4.79 Å². The van der Waals surface area contributed by atoms with Crippen LogP contribution in [0, 0.1) is 5.92 Å². The number of amides is 1. The van der Waals surface area contributed by atoms with Crippen LogP contribution in [0.1, 0.15) is 26.2 Å². The second kappa shape index (κ2) is 4.72. The van der Waals surface area contributed by atoms with Crippen LogP contribution in [-0.4, -0.2) is 49.6 Å². The van der Waals surface area contributed by atoms with Crippen molar-refractivity contribution in [2.45, 2.75) is 31.7 Å². The van der Waals surface area contributed by atoms with Crippen LogP contribution in [0.3, 0.4) is 0 Å². The van der Waals surface area contributed by atoms with Gasteiger partial charge >= 0.3 is 0 Å². The molecular weight excluding hydrogens is 202 g/mol. The van der Waals surface area contributed by atoms with Crippen LogP contribution in [0.4, 0.5) is 0 Å². The lowest BCUT2D eigenvalue weighted by Crippen LogP contribution is -2.54. The number of nitrogens with one attached hydrogen (secondary N) is 2. The Morgan fingerprint density at radius 3 is 2.56 bits per heavy atom. The second-order valence-corrected chi connectivity index (χ2v) is 5.64. The molecule has 92 valence electrons. The Balaban J connectivity index is 1.76. The summed E-state index contributed by atoms with van der Waals surface area (Å²) in [6, 6.07) is 0. The Kier molecular flexibility index (Phi) is 3.50. The van der Waals surface area contributed by atoms with Crippen molar-refractivity contribution in [3.63, 3.8) is 0 Å². The molecule has 2 heterocycles. The van der Waals surface area contributed by atoms with Crippen molar-refractivity contribution >= 4 is 5.91 Å². The first kappa shape index (κ1) is 11.9. The fourth-order valence-corrected chi connectivity index (χ4v) is 2.38. The van der Waals surface area contributed by atoms with Gasteiger partial charge in [0.05, 0.1) is 0 Å². The van der Waals surface area contributed by atoms with Gasteiger partial charge in [-0.15, -0.1) is 0 Å². The van der Waals surface area contributed by atoms with E-state index in [2.05, 4.69) is 29.5 Å². The van der Waals surface area contributed by atoms with E-state index in [1.165, 1.54) is 0 Å². The van der Waals surface area contributed by atoms with Gasteiger partial charge in [-0.3, -0.25) is 4.79 Å². The predicted molar refractivity (Wildman–Crippen MR) is 64.3 cm³/mol. The molecule has 0 aliphatic carbocycles. The van der Waals surface area contributed by atoms with Gasteiger partial charge < -0.3 is 15.5 Å². The van der Waals surface area contributed by atoms with Crippen LogP contribution in [0.25, 0.3) is 0 Å². The summed E-state index contributed by atoms with van der Waals surface area (Å²) in [7, 11) is 2.14. The van der Waals surface area contributed by atoms with E-state index < -0.39 is 0 Å². The van der Waals surface area contributed by atoms with Gasteiger partial charge in [0.1, 0.15) is 0 Å². The van der Waals surface area contributed by atoms with E-state index in [4.69, 9.17) is 0 Å². The van der Waals surface area contributed by atoms with Gasteiger partial charge in [0.25, 0.3) is 0 Å². The van der Waals surface area contributed by atoms with Crippen molar-refractivity contribution in [3.05, 3.63) is 0 Å². The summed E-state index contributed by atoms with van der Waals surface area (Å²) in [5.41, 5.74) is 0.0285. The Hall–Kier alpha value is -0.610. The largest absolute Gasteiger partial charge is 0.351 e. The summed E-state index contributed by atoms with van der Waals surface area (Å²) < 4.78 is 0. The Labute approximate surface area is 97.8 Å². The highest BCUT2D eigenvalue weighted by Gasteiger charge is 2.31. The summed E-state index contributed by atoms with van der Waals surface area (Å²) >= 11 is 0. The highest BCUT2D eigenvalue weighted by Crippen LogP contribution is 2.21. The average Bonchev–Trinajstić information content (AvgIpc) is 2.17. The number of hydrogen-bond donors (Lipinski definition) is 2. The van der Waals surface area contributed by atoms with Crippen molar-refractivity contribution in [2.24, 2.45) is 5.92 Å². The fourth-order valence-electron chi connectivity index (χ4n) is 2.38. The van der Waals surface area contributed by atoms with Crippen molar-refractivity contribution in [1.29, 1.82) is 0 Å². The first-order valence-corrected chi connectivity index (χ1v) is 6.28. The Morgan fingerprint density at radius 1 is 1.44 bits per heavy atom. The third-order valence-electron chi connectivity index (χ3n) is 3.87. The number of carbonyl (C=O) groups is 1. The molecule has 0 atom stereocenters. The highest BCUT2D eigenvalue weighted by molar-refractivity contribution is 5.77. The van der Waals surface area contributed by atoms with E-state index >= 15 is 0 Å². The topological polar surface area (TPSA) is 44.4 Å². The molecule has 0 aromatic rings. The first-order valence-electron chi connectivity index (χ1n) is 6.28. The van der Waals surface area contributed by atoms with Gasteiger partial charge in [-0.25, -0.2) is 0 Å². The third-order valence-corrected chi connectivity index (χ3v) is 3.87. The standard InChI is InChI=1S/C12H23N3O/c1-12(3-5-15(2)6-4-12)14-11(16)7-10-8-13-9-10/h10,13H,3-9H2,1-2H3,(H,14,16). The third kappa shape index (κ3) is 2.95. The van der Waals surface area contributed by atoms with Crippen molar-refractivity contribution in [2.75, 3.05) is 33.2 Å². The molecule has 0 spiro atoms. The molecule has 1 amide bonds. The summed E-state index contributed by atoms with van der Waals surface area (Å²) in [6.45, 7) is 6.36. The van der Waals surface area contributed by atoms with E-state index in [1.807, 2.05) is 0 Å². The van der Waals surface area contributed by atoms with Crippen LogP contribution in [0.15, 0.2) is 0 Å². The average molecular weight is 225 g/mol. The molecule has 4 heteroatoms. The number of nitrogens with zero attached hydrogens (tertiary/aromatic N) is 1. The molecule has 0 radical (unpaired) electrons. The lowest BCUT2D eigenvalue weighted by Gasteiger charge is -2.39. The molecule has 2 fully saturated rings. The lowest BCUT2D eigenvalue weighted by molar-refractivity contribution is -0.124. The van der Waals surface area contributed by atoms with Crippen molar-refractivity contribution in [1.82, 2.24) is 15.5 Å². The minimum absolute atomic E-state index is 0.0285. The molecule has 0 aromatic carbocycles. The van der Waals surface area contributed by atoms with Crippen LogP contribution in [-0.2, 0) is 4.79 Å². The van der Waals surface area contributed by atoms with Crippen molar-refractivity contribution < 1.29 is 4.79 Å². The molecule has 0 unspecified atom stereocenters. The zero-order valence-corrected chi connectivity index (χ0v) is 10.4. The van der Waals surface area contributed by atoms with E-state index in [-0.39, 0.29) is 11.4 Å². The monoisotopic (exact) mass is 225 g/mol. The molecule has 0 bridgehead atoms. The molecule has 2 aliphatic heterocycles. The lowest BCUT2D eigenvalue weighted by atomic mass is 9.89. The van der Waals surface area contributed by atoms with E-state index in [0.717, 1.165) is 39.0 Å². The molecule has 2 N–H and O–H groups in total. The number of hydrogen-bond acceptors (Lipinski definition) is 3. The molecule has 2 aliphatic rings. The van der Waals surface area contributed by atoms with E-state index in [1.54, 1.807) is 0 Å².